The Morgan fingerprint density at radius 2 is 1.20 bits per heavy atom. The van der Waals surface area contributed by atoms with Gasteiger partial charge < -0.3 is 29.4 Å². The van der Waals surface area contributed by atoms with Crippen LogP contribution in [0.25, 0.3) is 0 Å². The Bertz CT molecular complexity index is 1210. The summed E-state index contributed by atoms with van der Waals surface area (Å²) in [4.78, 5) is 71.3. The van der Waals surface area contributed by atoms with Gasteiger partial charge in [0.2, 0.25) is 5.91 Å². The fraction of sp³-hybridized carbons (Fsp3) is 0.812. The van der Waals surface area contributed by atoms with Crippen LogP contribution in [-0.2, 0) is 47.7 Å². The molecule has 4 saturated carbocycles. The summed E-state index contributed by atoms with van der Waals surface area (Å²) in [6.07, 6.45) is 3.87. The topological polar surface area (TPSA) is 184 Å². The number of hydrogen-bond donors (Lipinski definition) is 3. The highest BCUT2D eigenvalue weighted by Gasteiger charge is 2.65. The van der Waals surface area contributed by atoms with Crippen molar-refractivity contribution in [3.8, 4) is 0 Å². The molecule has 6 rings (SSSR count). The first-order valence-electron chi connectivity index (χ1n) is 16.1. The van der Waals surface area contributed by atoms with Gasteiger partial charge in [0.25, 0.3) is 0 Å². The van der Waals surface area contributed by atoms with Crippen molar-refractivity contribution in [3.63, 3.8) is 0 Å². The minimum atomic E-state index is -0.824. The number of carboxylic acids is 1. The summed E-state index contributed by atoms with van der Waals surface area (Å²) in [5, 5.41) is 11.7. The zero-order valence-electron chi connectivity index (χ0n) is 27.3. The van der Waals surface area contributed by atoms with Crippen LogP contribution in [0.2, 0.25) is 0 Å². The number of fused-ring (bicyclic) bond motifs is 2. The Kier molecular flexibility index (Phi) is 11.0. The molecule has 0 aromatic carbocycles. The van der Waals surface area contributed by atoms with E-state index in [1.54, 1.807) is 20.8 Å². The van der Waals surface area contributed by atoms with Crippen LogP contribution in [0.3, 0.4) is 0 Å². The van der Waals surface area contributed by atoms with E-state index in [-0.39, 0.29) is 96.4 Å². The van der Waals surface area contributed by atoms with E-state index < -0.39 is 23.1 Å². The standard InChI is InChI=1S/C16H23NO5.C9H10O4.C7H14ClNO2/c1-16(2,3)22-11(18)4-5-17-14(19)12-8-6-9-10(7-8)21-15(20)13(9)12;10-8(11)6-3-1-4-5(2-3)13-9(12)7(4)6;1-7(2,3)11-6(10)4-5-9-8/h8-10,12-13H,4-7H2,1-3H3,(H,17,19);3-7H,1-2H2,(H,10,11);9H,4-5H2,1-3H3. The second-order valence-corrected chi connectivity index (χ2v) is 15.3. The number of carbonyl (C=O) groups excluding carboxylic acids is 5. The highest BCUT2D eigenvalue weighted by molar-refractivity contribution is 6.13. The molecule has 0 spiro atoms. The van der Waals surface area contributed by atoms with Gasteiger partial charge in [-0.05, 0) is 90.8 Å². The van der Waals surface area contributed by atoms with E-state index in [9.17, 15) is 28.8 Å². The van der Waals surface area contributed by atoms with Crippen LogP contribution in [0.5, 0.6) is 0 Å². The molecule has 0 aromatic rings. The van der Waals surface area contributed by atoms with Crippen molar-refractivity contribution in [2.75, 3.05) is 13.1 Å². The minimum Gasteiger partial charge on any atom is -0.481 e. The van der Waals surface area contributed by atoms with E-state index in [1.165, 1.54) is 0 Å². The molecule has 2 aliphatic heterocycles. The number of carboxylic acid groups (broad SMARTS) is 1. The van der Waals surface area contributed by atoms with Crippen LogP contribution in [0.1, 0.15) is 80.1 Å². The predicted octanol–water partition coefficient (Wildman–Crippen LogP) is 2.76. The van der Waals surface area contributed by atoms with Gasteiger partial charge in [-0.3, -0.25) is 28.8 Å². The van der Waals surface area contributed by atoms with Gasteiger partial charge in [-0.15, -0.1) is 0 Å². The van der Waals surface area contributed by atoms with Gasteiger partial charge in [0.05, 0.1) is 36.5 Å². The van der Waals surface area contributed by atoms with Crippen molar-refractivity contribution in [1.29, 1.82) is 0 Å². The Hall–Kier alpha value is -2.93. The molecule has 1 amide bonds. The van der Waals surface area contributed by atoms with Crippen molar-refractivity contribution < 1.29 is 52.8 Å². The molecule has 13 nitrogen and oxygen atoms in total. The smallest absolute Gasteiger partial charge is 0.310 e. The highest BCUT2D eigenvalue weighted by Crippen LogP contribution is 2.58. The second-order valence-electron chi connectivity index (χ2n) is 15.0. The summed E-state index contributed by atoms with van der Waals surface area (Å²) >= 11 is 5.16. The maximum Gasteiger partial charge on any atom is 0.310 e. The summed E-state index contributed by atoms with van der Waals surface area (Å²) in [5.74, 6) is -2.50. The van der Waals surface area contributed by atoms with Crippen LogP contribution >= 0.6 is 11.8 Å². The zero-order chi connectivity index (χ0) is 34.1. The molecule has 4 aliphatic carbocycles. The quantitative estimate of drug-likeness (QED) is 0.195. The lowest BCUT2D eigenvalue weighted by Gasteiger charge is -2.23. The first kappa shape index (κ1) is 35.9. The molecule has 0 radical (unpaired) electrons. The first-order chi connectivity index (χ1) is 21.4. The fourth-order valence-electron chi connectivity index (χ4n) is 8.04. The van der Waals surface area contributed by atoms with E-state index in [2.05, 4.69) is 10.2 Å². The van der Waals surface area contributed by atoms with Crippen molar-refractivity contribution in [2.45, 2.75) is 103 Å². The fourth-order valence-corrected chi connectivity index (χ4v) is 8.14. The third-order valence-electron chi connectivity index (χ3n) is 9.45. The molecular formula is C32H47ClN2O11. The van der Waals surface area contributed by atoms with Crippen molar-refractivity contribution >= 4 is 47.5 Å². The van der Waals surface area contributed by atoms with Crippen molar-refractivity contribution in [3.05, 3.63) is 0 Å². The number of amides is 1. The third kappa shape index (κ3) is 8.31. The number of nitrogens with one attached hydrogen (secondary N) is 2. The van der Waals surface area contributed by atoms with Crippen LogP contribution in [0, 0.1) is 47.3 Å². The second kappa shape index (κ2) is 14.0. The Morgan fingerprint density at radius 3 is 1.63 bits per heavy atom. The molecular weight excluding hydrogens is 624 g/mol. The number of ether oxygens (including phenoxy) is 4. The lowest BCUT2D eigenvalue weighted by molar-refractivity contribution is -0.155. The number of carbonyl (C=O) groups is 6. The van der Waals surface area contributed by atoms with E-state index in [1.807, 2.05) is 20.8 Å². The van der Waals surface area contributed by atoms with Gasteiger partial charge >= 0.3 is 29.8 Å². The zero-order valence-corrected chi connectivity index (χ0v) is 28.1. The molecule has 6 aliphatic rings. The maximum atomic E-state index is 12.4. The van der Waals surface area contributed by atoms with Gasteiger partial charge in [0, 0.05) is 24.9 Å². The van der Waals surface area contributed by atoms with Crippen molar-refractivity contribution in [1.82, 2.24) is 10.2 Å². The highest BCUT2D eigenvalue weighted by atomic mass is 35.5. The third-order valence-corrected chi connectivity index (χ3v) is 9.64. The van der Waals surface area contributed by atoms with Gasteiger partial charge in [-0.2, -0.15) is 0 Å². The predicted molar refractivity (Wildman–Crippen MR) is 162 cm³/mol. The van der Waals surface area contributed by atoms with Gasteiger partial charge in [0.15, 0.2) is 0 Å². The first-order valence-corrected chi connectivity index (χ1v) is 16.5. The molecule has 3 N–H and O–H groups in total. The number of aliphatic carboxylic acids is 1. The number of rotatable bonds is 8. The number of halogens is 1. The molecule has 258 valence electrons. The summed E-state index contributed by atoms with van der Waals surface area (Å²) < 4.78 is 20.6. The number of hydrogen-bond acceptors (Lipinski definition) is 11. The summed E-state index contributed by atoms with van der Waals surface area (Å²) in [6, 6.07) is 0. The van der Waals surface area contributed by atoms with Crippen LogP contribution < -0.4 is 10.2 Å². The molecule has 10 unspecified atom stereocenters. The Balaban J connectivity index is 0.000000171. The van der Waals surface area contributed by atoms with Gasteiger partial charge in [0.1, 0.15) is 23.4 Å². The van der Waals surface area contributed by atoms with E-state index in [4.69, 9.17) is 35.8 Å². The SMILES string of the molecule is CC(C)(C)OC(=O)CCNC(=O)C1C2CC3OC(=O)C1C3C2.CC(C)(C)OC(=O)CCNCl.O=C(O)C1C2CC3OC(=O)C1C3C2. The van der Waals surface area contributed by atoms with Gasteiger partial charge in [-0.25, -0.2) is 4.84 Å². The van der Waals surface area contributed by atoms with E-state index in [0.717, 1.165) is 25.7 Å². The normalized spacial score (nSPS) is 34.1. The van der Waals surface area contributed by atoms with Crippen molar-refractivity contribution in [2.24, 2.45) is 47.3 Å². The molecule has 46 heavy (non-hydrogen) atoms. The maximum absolute atomic E-state index is 12.4. The molecule has 6 fully saturated rings. The Labute approximate surface area is 274 Å². The van der Waals surface area contributed by atoms with Gasteiger partial charge in [-0.1, -0.05) is 0 Å². The number of esters is 4. The summed E-state index contributed by atoms with van der Waals surface area (Å²) in [6.45, 7) is 11.6. The molecule has 14 heteroatoms. The monoisotopic (exact) mass is 670 g/mol. The minimum absolute atomic E-state index is 0.0355. The van der Waals surface area contributed by atoms with E-state index >= 15 is 0 Å². The van der Waals surface area contributed by atoms with E-state index in [0.29, 0.717) is 13.0 Å². The van der Waals surface area contributed by atoms with Crippen LogP contribution in [0.4, 0.5) is 0 Å². The molecule has 2 heterocycles. The summed E-state index contributed by atoms with van der Waals surface area (Å²) in [7, 11) is 0. The molecule has 4 bridgehead atoms. The lowest BCUT2D eigenvalue weighted by atomic mass is 9.79. The summed E-state index contributed by atoms with van der Waals surface area (Å²) in [5.41, 5.74) is -0.919. The largest absolute Gasteiger partial charge is 0.481 e. The molecule has 0 aromatic heterocycles. The molecule has 2 saturated heterocycles. The lowest BCUT2D eigenvalue weighted by Crippen LogP contribution is -2.40. The van der Waals surface area contributed by atoms with Crippen LogP contribution in [-0.4, -0.2) is 77.4 Å². The Morgan fingerprint density at radius 1 is 0.761 bits per heavy atom. The van der Waals surface area contributed by atoms with Crippen LogP contribution in [0.15, 0.2) is 0 Å². The molecule has 10 atom stereocenters. The average molecular weight is 671 g/mol. The average Bonchev–Trinajstić information content (AvgIpc) is 3.72.